The highest BCUT2D eigenvalue weighted by Gasteiger charge is 2.34. The first-order valence-electron chi connectivity index (χ1n) is 5.43. The summed E-state index contributed by atoms with van der Waals surface area (Å²) in [5, 5.41) is 0. The molecule has 8 heteroatoms. The Morgan fingerprint density at radius 3 is 2.10 bits per heavy atom. The predicted molar refractivity (Wildman–Crippen MR) is 60.0 cm³/mol. The van der Waals surface area contributed by atoms with Crippen LogP contribution in [-0.2, 0) is 6.18 Å². The van der Waals surface area contributed by atoms with Gasteiger partial charge in [0.1, 0.15) is 0 Å². The first kappa shape index (κ1) is 14.3. The maximum absolute atomic E-state index is 12.9. The standard InChI is InChI=1S/C12H8F5N3/c1-6-2-8(9(5-18-6)10(13)14)7-3-19-11(20-4-7)12(15,16)17/h2-5,10H,1H3. The summed E-state index contributed by atoms with van der Waals surface area (Å²) in [6.07, 6.45) is -4.72. The summed E-state index contributed by atoms with van der Waals surface area (Å²) < 4.78 is 62.7. The van der Waals surface area contributed by atoms with Gasteiger partial charge >= 0.3 is 6.18 Å². The van der Waals surface area contributed by atoms with Gasteiger partial charge in [-0.05, 0) is 18.6 Å². The fraction of sp³-hybridized carbons (Fsp3) is 0.250. The number of hydrogen-bond donors (Lipinski definition) is 0. The van der Waals surface area contributed by atoms with Crippen LogP contribution in [0.25, 0.3) is 11.1 Å². The van der Waals surface area contributed by atoms with Crippen LogP contribution in [0.2, 0.25) is 0 Å². The number of alkyl halides is 5. The summed E-state index contributed by atoms with van der Waals surface area (Å²) in [5.74, 6) is -1.31. The zero-order chi connectivity index (χ0) is 14.9. The molecular weight excluding hydrogens is 281 g/mol. The molecule has 2 heterocycles. The summed E-state index contributed by atoms with van der Waals surface area (Å²) in [7, 11) is 0. The van der Waals surface area contributed by atoms with Gasteiger partial charge in [0.15, 0.2) is 0 Å². The van der Waals surface area contributed by atoms with Gasteiger partial charge in [-0.25, -0.2) is 18.7 Å². The maximum Gasteiger partial charge on any atom is 0.451 e. The van der Waals surface area contributed by atoms with E-state index in [1.165, 1.54) is 6.07 Å². The van der Waals surface area contributed by atoms with E-state index in [2.05, 4.69) is 15.0 Å². The number of nitrogens with zero attached hydrogens (tertiary/aromatic N) is 3. The van der Waals surface area contributed by atoms with Crippen LogP contribution < -0.4 is 0 Å². The maximum atomic E-state index is 12.9. The topological polar surface area (TPSA) is 38.7 Å². The van der Waals surface area contributed by atoms with Crippen LogP contribution in [-0.4, -0.2) is 15.0 Å². The zero-order valence-corrected chi connectivity index (χ0v) is 10.1. The molecule has 0 radical (unpaired) electrons. The lowest BCUT2D eigenvalue weighted by Crippen LogP contribution is -2.10. The molecule has 0 spiro atoms. The van der Waals surface area contributed by atoms with Crippen molar-refractivity contribution in [3.8, 4) is 11.1 Å². The molecular formula is C12H8F5N3. The van der Waals surface area contributed by atoms with Crippen LogP contribution in [0.5, 0.6) is 0 Å². The zero-order valence-electron chi connectivity index (χ0n) is 10.1. The highest BCUT2D eigenvalue weighted by molar-refractivity contribution is 5.66. The quantitative estimate of drug-likeness (QED) is 0.789. The van der Waals surface area contributed by atoms with E-state index in [0.717, 1.165) is 18.6 Å². The molecule has 106 valence electrons. The second-order valence-electron chi connectivity index (χ2n) is 4.01. The third-order valence-corrected chi connectivity index (χ3v) is 2.52. The van der Waals surface area contributed by atoms with E-state index < -0.39 is 18.4 Å². The van der Waals surface area contributed by atoms with Crippen molar-refractivity contribution >= 4 is 0 Å². The van der Waals surface area contributed by atoms with Crippen molar-refractivity contribution in [1.82, 2.24) is 15.0 Å². The second kappa shape index (κ2) is 5.10. The minimum atomic E-state index is -4.67. The van der Waals surface area contributed by atoms with Gasteiger partial charge in [-0.3, -0.25) is 4.98 Å². The molecule has 0 atom stereocenters. The highest BCUT2D eigenvalue weighted by atomic mass is 19.4. The van der Waals surface area contributed by atoms with Crippen LogP contribution in [0, 0.1) is 6.92 Å². The molecule has 0 amide bonds. The Morgan fingerprint density at radius 1 is 1.00 bits per heavy atom. The number of aryl methyl sites for hydroxylation is 1. The Bertz CT molecular complexity index is 607. The fourth-order valence-electron chi connectivity index (χ4n) is 1.61. The van der Waals surface area contributed by atoms with Crippen LogP contribution >= 0.6 is 0 Å². The van der Waals surface area contributed by atoms with Gasteiger partial charge < -0.3 is 0 Å². The molecule has 0 aliphatic carbocycles. The number of pyridine rings is 1. The van der Waals surface area contributed by atoms with Gasteiger partial charge in [-0.1, -0.05) is 0 Å². The predicted octanol–water partition coefficient (Wildman–Crippen LogP) is 3.80. The van der Waals surface area contributed by atoms with E-state index in [4.69, 9.17) is 0 Å². The molecule has 0 saturated heterocycles. The first-order valence-corrected chi connectivity index (χ1v) is 5.43. The molecule has 0 aliphatic heterocycles. The molecule has 20 heavy (non-hydrogen) atoms. The van der Waals surface area contributed by atoms with Crippen LogP contribution in [0.1, 0.15) is 23.5 Å². The van der Waals surface area contributed by atoms with Crippen molar-refractivity contribution in [2.75, 3.05) is 0 Å². The lowest BCUT2D eigenvalue weighted by molar-refractivity contribution is -0.144. The third-order valence-electron chi connectivity index (χ3n) is 2.52. The summed E-state index contributed by atoms with van der Waals surface area (Å²) in [6, 6.07) is 1.35. The molecule has 0 bridgehead atoms. The van der Waals surface area contributed by atoms with E-state index in [1.54, 1.807) is 6.92 Å². The molecule has 3 nitrogen and oxygen atoms in total. The largest absolute Gasteiger partial charge is 0.451 e. The van der Waals surface area contributed by atoms with Crippen molar-refractivity contribution in [1.29, 1.82) is 0 Å². The van der Waals surface area contributed by atoms with Crippen LogP contribution in [0.4, 0.5) is 22.0 Å². The minimum absolute atomic E-state index is 0.0706. The van der Waals surface area contributed by atoms with E-state index in [1.807, 2.05) is 0 Å². The average molecular weight is 289 g/mol. The summed E-state index contributed by atoms with van der Waals surface area (Å²) >= 11 is 0. The average Bonchev–Trinajstić information content (AvgIpc) is 2.37. The molecule has 2 aromatic heterocycles. The van der Waals surface area contributed by atoms with Gasteiger partial charge in [0.05, 0.1) is 0 Å². The van der Waals surface area contributed by atoms with Gasteiger partial charge in [-0.2, -0.15) is 13.2 Å². The Balaban J connectivity index is 2.49. The van der Waals surface area contributed by atoms with Gasteiger partial charge in [0, 0.05) is 35.4 Å². The van der Waals surface area contributed by atoms with Gasteiger partial charge in [0.2, 0.25) is 5.82 Å². The number of rotatable bonds is 2. The molecule has 0 fully saturated rings. The molecule has 2 aromatic rings. The SMILES string of the molecule is Cc1cc(-c2cnc(C(F)(F)F)nc2)c(C(F)F)cn1. The monoisotopic (exact) mass is 289 g/mol. The normalized spacial score (nSPS) is 11.9. The summed E-state index contributed by atoms with van der Waals surface area (Å²) in [4.78, 5) is 10.1. The Kier molecular flexibility index (Phi) is 3.65. The van der Waals surface area contributed by atoms with Crippen molar-refractivity contribution in [3.63, 3.8) is 0 Å². The summed E-state index contributed by atoms with van der Waals surface area (Å²) in [6.45, 7) is 1.59. The fourth-order valence-corrected chi connectivity index (χ4v) is 1.61. The van der Waals surface area contributed by atoms with E-state index in [0.29, 0.717) is 5.69 Å². The molecule has 0 N–H and O–H groups in total. The van der Waals surface area contributed by atoms with E-state index >= 15 is 0 Å². The van der Waals surface area contributed by atoms with E-state index in [-0.39, 0.29) is 16.7 Å². The lowest BCUT2D eigenvalue weighted by Gasteiger charge is -2.10. The number of halogens is 5. The number of aromatic nitrogens is 3. The van der Waals surface area contributed by atoms with E-state index in [9.17, 15) is 22.0 Å². The first-order chi connectivity index (χ1) is 9.29. The Labute approximate surface area is 110 Å². The van der Waals surface area contributed by atoms with Crippen LogP contribution in [0.3, 0.4) is 0 Å². The Hall–Kier alpha value is -2.12. The van der Waals surface area contributed by atoms with Crippen molar-refractivity contribution in [2.45, 2.75) is 19.5 Å². The van der Waals surface area contributed by atoms with Crippen molar-refractivity contribution in [3.05, 3.63) is 41.7 Å². The van der Waals surface area contributed by atoms with Gasteiger partial charge in [0.25, 0.3) is 6.43 Å². The molecule has 0 aromatic carbocycles. The number of hydrogen-bond acceptors (Lipinski definition) is 3. The third kappa shape index (κ3) is 2.89. The lowest BCUT2D eigenvalue weighted by atomic mass is 10.0. The Morgan fingerprint density at radius 2 is 1.60 bits per heavy atom. The molecule has 0 aliphatic rings. The highest BCUT2D eigenvalue weighted by Crippen LogP contribution is 2.32. The van der Waals surface area contributed by atoms with Gasteiger partial charge in [-0.15, -0.1) is 0 Å². The second-order valence-corrected chi connectivity index (χ2v) is 4.01. The van der Waals surface area contributed by atoms with Crippen molar-refractivity contribution in [2.24, 2.45) is 0 Å². The molecule has 2 rings (SSSR count). The summed E-state index contributed by atoms with van der Waals surface area (Å²) in [5.41, 5.74) is 0.239. The van der Waals surface area contributed by atoms with Crippen LogP contribution in [0.15, 0.2) is 24.7 Å². The molecule has 0 unspecified atom stereocenters. The molecule has 0 saturated carbocycles. The smallest absolute Gasteiger partial charge is 0.261 e. The van der Waals surface area contributed by atoms with Crippen molar-refractivity contribution < 1.29 is 22.0 Å². The minimum Gasteiger partial charge on any atom is -0.261 e.